The minimum absolute atomic E-state index is 0.00620. The number of hydrogen-bond donors (Lipinski definition) is 0. The number of fused-ring (bicyclic) bond motifs is 2. The van der Waals surface area contributed by atoms with E-state index in [0.29, 0.717) is 25.0 Å². The van der Waals surface area contributed by atoms with Gasteiger partial charge in [-0.05, 0) is 86.1 Å². The maximum absolute atomic E-state index is 14.0. The van der Waals surface area contributed by atoms with E-state index in [-0.39, 0.29) is 17.2 Å². The van der Waals surface area contributed by atoms with Crippen LogP contribution in [0.1, 0.15) is 69.0 Å². The van der Waals surface area contributed by atoms with E-state index in [1.54, 1.807) is 13.3 Å². The number of methoxy groups -OCH3 is 1. The monoisotopic (exact) mass is 526 g/mol. The van der Waals surface area contributed by atoms with Gasteiger partial charge >= 0.3 is 0 Å². The van der Waals surface area contributed by atoms with E-state index in [2.05, 4.69) is 33.2 Å². The Labute approximate surface area is 228 Å². The highest BCUT2D eigenvalue weighted by atomic mass is 16.5. The number of pyridine rings is 1. The highest BCUT2D eigenvalue weighted by Gasteiger charge is 2.48. The Kier molecular flexibility index (Phi) is 6.22. The molecule has 39 heavy (non-hydrogen) atoms. The Morgan fingerprint density at radius 3 is 2.67 bits per heavy atom. The van der Waals surface area contributed by atoms with Crippen molar-refractivity contribution in [1.29, 1.82) is 0 Å². The third-order valence-corrected chi connectivity index (χ3v) is 8.92. The number of amides is 1. The zero-order chi connectivity index (χ0) is 26.4. The zero-order valence-electron chi connectivity index (χ0n) is 22.4. The first-order valence-corrected chi connectivity index (χ1v) is 14.2. The van der Waals surface area contributed by atoms with Crippen LogP contribution in [-0.2, 0) is 9.53 Å². The molecule has 3 fully saturated rings. The predicted molar refractivity (Wildman–Crippen MR) is 146 cm³/mol. The standard InChI is InChI=1S/C31H34N4O4/c1-37-27-16-23(8-12-32-27)22-3-2-4-25(15-22)35(30(36)21-9-13-38-14-10-21)19-31-11-7-26(24(17-31)18-31)29-33-28(34-39-29)20-5-6-20/h2-4,8,12,15-16,20-21H,5-7,9-11,13-14,17-19H2,1H3. The second kappa shape index (κ2) is 9.90. The summed E-state index contributed by atoms with van der Waals surface area (Å²) in [4.78, 5) is 25.1. The number of anilines is 1. The van der Waals surface area contributed by atoms with Gasteiger partial charge in [-0.3, -0.25) is 4.79 Å². The number of allylic oxidation sites excluding steroid dienone is 2. The normalized spacial score (nSPS) is 20.4. The van der Waals surface area contributed by atoms with Gasteiger partial charge in [-0.1, -0.05) is 22.9 Å². The van der Waals surface area contributed by atoms with Gasteiger partial charge in [0.15, 0.2) is 5.82 Å². The number of carbonyl (C=O) groups is 1. The second-order valence-corrected chi connectivity index (χ2v) is 11.6. The van der Waals surface area contributed by atoms with Crippen molar-refractivity contribution in [3.05, 3.63) is 59.9 Å². The number of aromatic nitrogens is 3. The smallest absolute Gasteiger partial charge is 0.253 e. The fourth-order valence-electron chi connectivity index (χ4n) is 6.48. The predicted octanol–water partition coefficient (Wildman–Crippen LogP) is 5.81. The molecule has 0 spiro atoms. The van der Waals surface area contributed by atoms with Gasteiger partial charge in [-0.15, -0.1) is 0 Å². The Balaban J connectivity index is 1.16. The zero-order valence-corrected chi connectivity index (χ0v) is 22.4. The van der Waals surface area contributed by atoms with E-state index in [9.17, 15) is 4.79 Å². The SMILES string of the molecule is COc1cc(-c2cccc(N(CC34CCC(c5nc(C6CC6)no5)=C(C3)C4)C(=O)C3CCOCC3)c2)ccn1. The summed E-state index contributed by atoms with van der Waals surface area (Å²) in [5.74, 6) is 2.86. The lowest BCUT2D eigenvalue weighted by atomic mass is 9.57. The lowest BCUT2D eigenvalue weighted by Crippen LogP contribution is -2.50. The molecule has 8 rings (SSSR count). The molecule has 3 aromatic rings. The Hall–Kier alpha value is -3.52. The minimum Gasteiger partial charge on any atom is -0.481 e. The molecular formula is C31H34N4O4. The van der Waals surface area contributed by atoms with Gasteiger partial charge in [0.1, 0.15) is 0 Å². The second-order valence-electron chi connectivity index (χ2n) is 11.6. The lowest BCUT2D eigenvalue weighted by molar-refractivity contribution is -0.125. The number of nitrogens with zero attached hydrogens (tertiary/aromatic N) is 4. The van der Waals surface area contributed by atoms with Gasteiger partial charge in [-0.25, -0.2) is 4.98 Å². The van der Waals surface area contributed by atoms with Gasteiger partial charge in [0.25, 0.3) is 5.89 Å². The number of rotatable bonds is 8. The Morgan fingerprint density at radius 1 is 1.10 bits per heavy atom. The molecule has 1 aliphatic heterocycles. The summed E-state index contributed by atoms with van der Waals surface area (Å²) < 4.78 is 16.6. The Morgan fingerprint density at radius 2 is 1.92 bits per heavy atom. The van der Waals surface area contributed by atoms with Crippen LogP contribution >= 0.6 is 0 Å². The van der Waals surface area contributed by atoms with Crippen molar-refractivity contribution in [2.24, 2.45) is 11.3 Å². The number of hydrogen-bond acceptors (Lipinski definition) is 7. The molecule has 4 aliphatic carbocycles. The molecule has 1 saturated heterocycles. The maximum Gasteiger partial charge on any atom is 0.253 e. The van der Waals surface area contributed by atoms with Crippen LogP contribution in [0.15, 0.2) is 52.7 Å². The molecule has 8 nitrogen and oxygen atoms in total. The summed E-state index contributed by atoms with van der Waals surface area (Å²) in [5, 5.41) is 4.23. The van der Waals surface area contributed by atoms with Crippen LogP contribution in [0, 0.1) is 11.3 Å². The van der Waals surface area contributed by atoms with Crippen molar-refractivity contribution in [1.82, 2.24) is 15.1 Å². The minimum atomic E-state index is -0.00620. The van der Waals surface area contributed by atoms with Crippen LogP contribution < -0.4 is 9.64 Å². The average molecular weight is 527 g/mol. The molecule has 1 amide bonds. The fourth-order valence-corrected chi connectivity index (χ4v) is 6.48. The first-order valence-electron chi connectivity index (χ1n) is 14.2. The summed E-state index contributed by atoms with van der Waals surface area (Å²) in [6.45, 7) is 2.02. The van der Waals surface area contributed by atoms with Crippen LogP contribution in [0.4, 0.5) is 5.69 Å². The molecule has 202 valence electrons. The summed E-state index contributed by atoms with van der Waals surface area (Å²) in [6, 6.07) is 12.2. The third-order valence-electron chi connectivity index (χ3n) is 8.92. The van der Waals surface area contributed by atoms with E-state index >= 15 is 0 Å². The molecule has 0 N–H and O–H groups in total. The highest BCUT2D eigenvalue weighted by Crippen LogP contribution is 2.58. The van der Waals surface area contributed by atoms with Crippen molar-refractivity contribution in [3.63, 3.8) is 0 Å². The first-order chi connectivity index (χ1) is 19.1. The number of ether oxygens (including phenoxy) is 2. The molecule has 0 radical (unpaired) electrons. The van der Waals surface area contributed by atoms with Gasteiger partial charge in [0.2, 0.25) is 11.8 Å². The van der Waals surface area contributed by atoms with Crippen molar-refractivity contribution in [3.8, 4) is 17.0 Å². The van der Waals surface area contributed by atoms with Crippen LogP contribution in [0.5, 0.6) is 5.88 Å². The van der Waals surface area contributed by atoms with Crippen molar-refractivity contribution < 1.29 is 18.8 Å². The van der Waals surface area contributed by atoms with Gasteiger partial charge < -0.3 is 18.9 Å². The molecule has 2 aromatic heterocycles. The van der Waals surface area contributed by atoms with E-state index in [4.69, 9.17) is 19.0 Å². The summed E-state index contributed by atoms with van der Waals surface area (Å²) in [5.41, 5.74) is 5.76. The molecule has 8 heteroatoms. The summed E-state index contributed by atoms with van der Waals surface area (Å²) >= 11 is 0. The van der Waals surface area contributed by atoms with E-state index in [0.717, 1.165) is 73.6 Å². The van der Waals surface area contributed by atoms with Gasteiger partial charge in [0.05, 0.1) is 7.11 Å². The first kappa shape index (κ1) is 24.5. The van der Waals surface area contributed by atoms with E-state index in [1.165, 1.54) is 24.0 Å². The molecule has 3 heterocycles. The number of benzene rings is 1. The number of carbonyl (C=O) groups excluding carboxylic acids is 1. The van der Waals surface area contributed by atoms with Crippen LogP contribution in [0.25, 0.3) is 16.7 Å². The van der Waals surface area contributed by atoms with Crippen molar-refractivity contribution in [2.75, 3.05) is 31.8 Å². The van der Waals surface area contributed by atoms with Crippen LogP contribution in [0.2, 0.25) is 0 Å². The lowest BCUT2D eigenvalue weighted by Gasteiger charge is -2.51. The van der Waals surface area contributed by atoms with Crippen molar-refractivity contribution in [2.45, 2.75) is 57.3 Å². The molecule has 2 saturated carbocycles. The molecule has 0 atom stereocenters. The quantitative estimate of drug-likeness (QED) is 0.366. The van der Waals surface area contributed by atoms with Crippen LogP contribution in [-0.4, -0.2) is 47.9 Å². The average Bonchev–Trinajstić information content (AvgIpc) is 3.72. The fraction of sp³-hybridized carbons (Fsp3) is 0.484. The molecule has 2 bridgehead atoms. The van der Waals surface area contributed by atoms with Crippen molar-refractivity contribution >= 4 is 17.2 Å². The summed E-state index contributed by atoms with van der Waals surface area (Å²) in [7, 11) is 1.62. The highest BCUT2D eigenvalue weighted by molar-refractivity contribution is 5.96. The molecule has 1 aromatic carbocycles. The van der Waals surface area contributed by atoms with E-state index in [1.807, 2.05) is 18.2 Å². The molecular weight excluding hydrogens is 492 g/mol. The summed E-state index contributed by atoms with van der Waals surface area (Å²) in [6.07, 6.45) is 9.57. The molecule has 0 unspecified atom stereocenters. The van der Waals surface area contributed by atoms with Crippen LogP contribution in [0.3, 0.4) is 0 Å². The van der Waals surface area contributed by atoms with Gasteiger partial charge in [0, 0.05) is 55.1 Å². The third kappa shape index (κ3) is 4.75. The van der Waals surface area contributed by atoms with Gasteiger partial charge in [-0.2, -0.15) is 4.98 Å². The largest absolute Gasteiger partial charge is 0.481 e. The maximum atomic E-state index is 14.0. The topological polar surface area (TPSA) is 90.6 Å². The van der Waals surface area contributed by atoms with E-state index < -0.39 is 0 Å². The Bertz CT molecular complexity index is 1410. The molecule has 5 aliphatic rings.